The molecular formula is C42H26N4. The number of aromatic nitrogens is 4. The van der Waals surface area contributed by atoms with Crippen LogP contribution < -0.4 is 0 Å². The number of benzene rings is 7. The smallest absolute Gasteiger partial charge is 0.165 e. The van der Waals surface area contributed by atoms with Crippen molar-refractivity contribution in [3.63, 3.8) is 0 Å². The van der Waals surface area contributed by atoms with E-state index in [0.717, 1.165) is 44.8 Å². The lowest BCUT2D eigenvalue weighted by Gasteiger charge is -2.14. The third-order valence-corrected chi connectivity index (χ3v) is 9.27. The summed E-state index contributed by atoms with van der Waals surface area (Å²) >= 11 is 0. The van der Waals surface area contributed by atoms with Crippen LogP contribution in [0, 0.1) is 0 Å². The maximum atomic E-state index is 5.36. The van der Waals surface area contributed by atoms with Gasteiger partial charge in [-0.2, -0.15) is 0 Å². The second-order valence-electron chi connectivity index (χ2n) is 11.8. The fraction of sp³-hybridized carbons (Fsp3) is 0. The molecule has 0 aliphatic rings. The molecular weight excluding hydrogens is 560 g/mol. The number of hydrogen-bond acceptors (Lipinski definition) is 2. The first-order valence-corrected chi connectivity index (χ1v) is 15.6. The first kappa shape index (κ1) is 25.1. The standard InChI is InChI=1S/C42H26N4/c1-2-14-30(15-3-1)45-35-20-10-6-16-31(35)39-37(45)24-25-38-40(39)32-17-7-11-21-36(32)46(38)42-41(43-33-18-8-9-19-34(33)44-42)29-23-22-27-12-4-5-13-28(27)26-29/h1-26H. The van der Waals surface area contributed by atoms with Crippen molar-refractivity contribution < 1.29 is 0 Å². The van der Waals surface area contributed by atoms with Crippen molar-refractivity contribution in [1.29, 1.82) is 0 Å². The molecule has 0 N–H and O–H groups in total. The van der Waals surface area contributed by atoms with Gasteiger partial charge in [-0.25, -0.2) is 9.97 Å². The van der Waals surface area contributed by atoms with Crippen molar-refractivity contribution in [2.75, 3.05) is 0 Å². The number of rotatable bonds is 3. The Morgan fingerprint density at radius 2 is 0.957 bits per heavy atom. The van der Waals surface area contributed by atoms with E-state index >= 15 is 0 Å². The molecule has 4 heteroatoms. The monoisotopic (exact) mass is 586 g/mol. The fourth-order valence-corrected chi connectivity index (χ4v) is 7.28. The molecule has 214 valence electrons. The van der Waals surface area contributed by atoms with Crippen LogP contribution in [0.25, 0.3) is 88.2 Å². The lowest BCUT2D eigenvalue weighted by molar-refractivity contribution is 1.08. The van der Waals surface area contributed by atoms with Gasteiger partial charge in [0.25, 0.3) is 0 Å². The lowest BCUT2D eigenvalue weighted by atomic mass is 10.0. The van der Waals surface area contributed by atoms with E-state index in [9.17, 15) is 0 Å². The van der Waals surface area contributed by atoms with Crippen molar-refractivity contribution >= 4 is 65.4 Å². The molecule has 0 bridgehead atoms. The summed E-state index contributed by atoms with van der Waals surface area (Å²) in [5.41, 5.74) is 9.38. The van der Waals surface area contributed by atoms with E-state index in [1.165, 1.54) is 43.4 Å². The third kappa shape index (κ3) is 3.55. The summed E-state index contributed by atoms with van der Waals surface area (Å²) in [7, 11) is 0. The predicted molar refractivity (Wildman–Crippen MR) is 191 cm³/mol. The van der Waals surface area contributed by atoms with Gasteiger partial charge in [-0.1, -0.05) is 103 Å². The van der Waals surface area contributed by atoms with Gasteiger partial charge in [0, 0.05) is 32.8 Å². The van der Waals surface area contributed by atoms with Crippen molar-refractivity contribution in [3.8, 4) is 22.8 Å². The predicted octanol–water partition coefficient (Wildman–Crippen LogP) is 10.6. The van der Waals surface area contributed by atoms with E-state index in [1.807, 2.05) is 18.2 Å². The highest BCUT2D eigenvalue weighted by atomic mass is 15.1. The molecule has 3 heterocycles. The average molecular weight is 587 g/mol. The van der Waals surface area contributed by atoms with Crippen LogP contribution in [-0.2, 0) is 0 Å². The Balaban J connectivity index is 1.36. The SMILES string of the molecule is c1ccc(-n2c3ccccc3c3c4c5ccccc5n(-c5nc6ccccc6nc5-c5ccc6ccccc6c5)c4ccc32)cc1. The maximum absolute atomic E-state index is 5.36. The highest BCUT2D eigenvalue weighted by molar-refractivity contribution is 6.29. The number of para-hydroxylation sites is 5. The summed E-state index contributed by atoms with van der Waals surface area (Å²) < 4.78 is 4.70. The Morgan fingerprint density at radius 1 is 0.391 bits per heavy atom. The molecule has 10 aromatic rings. The molecule has 0 atom stereocenters. The Morgan fingerprint density at radius 3 is 1.70 bits per heavy atom. The van der Waals surface area contributed by atoms with E-state index in [2.05, 4.69) is 149 Å². The zero-order chi connectivity index (χ0) is 30.2. The zero-order valence-corrected chi connectivity index (χ0v) is 24.8. The molecule has 10 rings (SSSR count). The second kappa shape index (κ2) is 9.62. The van der Waals surface area contributed by atoms with Crippen molar-refractivity contribution in [3.05, 3.63) is 158 Å². The van der Waals surface area contributed by atoms with Crippen LogP contribution in [0.4, 0.5) is 0 Å². The molecule has 0 aliphatic heterocycles. The fourth-order valence-electron chi connectivity index (χ4n) is 7.28. The van der Waals surface area contributed by atoms with Gasteiger partial charge in [0.15, 0.2) is 5.82 Å². The van der Waals surface area contributed by atoms with Gasteiger partial charge in [0.2, 0.25) is 0 Å². The van der Waals surface area contributed by atoms with Crippen molar-refractivity contribution in [1.82, 2.24) is 19.1 Å². The number of fused-ring (bicyclic) bond motifs is 9. The lowest BCUT2D eigenvalue weighted by Crippen LogP contribution is -2.03. The summed E-state index contributed by atoms with van der Waals surface area (Å²) in [5, 5.41) is 7.27. The highest BCUT2D eigenvalue weighted by Crippen LogP contribution is 2.43. The normalized spacial score (nSPS) is 11.9. The maximum Gasteiger partial charge on any atom is 0.165 e. The summed E-state index contributed by atoms with van der Waals surface area (Å²) in [6, 6.07) is 55.8. The van der Waals surface area contributed by atoms with Crippen LogP contribution in [0.1, 0.15) is 0 Å². The first-order valence-electron chi connectivity index (χ1n) is 15.6. The van der Waals surface area contributed by atoms with Gasteiger partial charge in [-0.05, 0) is 65.4 Å². The van der Waals surface area contributed by atoms with E-state index in [4.69, 9.17) is 9.97 Å². The Kier molecular flexibility index (Phi) is 5.25. The molecule has 0 spiro atoms. The van der Waals surface area contributed by atoms with E-state index < -0.39 is 0 Å². The van der Waals surface area contributed by atoms with Gasteiger partial charge >= 0.3 is 0 Å². The summed E-state index contributed by atoms with van der Waals surface area (Å²) in [6.45, 7) is 0. The first-order chi connectivity index (χ1) is 22.8. The minimum atomic E-state index is 0.825. The molecule has 0 aliphatic carbocycles. The van der Waals surface area contributed by atoms with Crippen molar-refractivity contribution in [2.45, 2.75) is 0 Å². The minimum absolute atomic E-state index is 0.825. The van der Waals surface area contributed by atoms with Gasteiger partial charge in [-0.15, -0.1) is 0 Å². The number of hydrogen-bond donors (Lipinski definition) is 0. The van der Waals surface area contributed by atoms with Crippen LogP contribution in [0.3, 0.4) is 0 Å². The minimum Gasteiger partial charge on any atom is -0.309 e. The van der Waals surface area contributed by atoms with Gasteiger partial charge in [0.1, 0.15) is 5.69 Å². The average Bonchev–Trinajstić information content (AvgIpc) is 3.64. The van der Waals surface area contributed by atoms with Crippen LogP contribution in [-0.4, -0.2) is 19.1 Å². The van der Waals surface area contributed by atoms with E-state index in [1.54, 1.807) is 0 Å². The topological polar surface area (TPSA) is 35.6 Å². The van der Waals surface area contributed by atoms with E-state index in [0.29, 0.717) is 0 Å². The molecule has 0 amide bonds. The van der Waals surface area contributed by atoms with Gasteiger partial charge in [0.05, 0.1) is 33.1 Å². The third-order valence-electron chi connectivity index (χ3n) is 9.27. The molecule has 3 aromatic heterocycles. The molecule has 0 unspecified atom stereocenters. The quantitative estimate of drug-likeness (QED) is 0.206. The zero-order valence-electron chi connectivity index (χ0n) is 24.8. The van der Waals surface area contributed by atoms with E-state index in [-0.39, 0.29) is 0 Å². The second-order valence-corrected chi connectivity index (χ2v) is 11.8. The van der Waals surface area contributed by atoms with Gasteiger partial charge in [-0.3, -0.25) is 4.57 Å². The molecule has 0 saturated heterocycles. The molecule has 0 saturated carbocycles. The Hall–Kier alpha value is -6.26. The molecule has 0 fully saturated rings. The molecule has 4 nitrogen and oxygen atoms in total. The Bertz CT molecular complexity index is 2810. The highest BCUT2D eigenvalue weighted by Gasteiger charge is 2.23. The van der Waals surface area contributed by atoms with Crippen molar-refractivity contribution in [2.24, 2.45) is 0 Å². The van der Waals surface area contributed by atoms with Crippen LogP contribution in [0.2, 0.25) is 0 Å². The van der Waals surface area contributed by atoms with Gasteiger partial charge < -0.3 is 4.57 Å². The van der Waals surface area contributed by atoms with Crippen LogP contribution >= 0.6 is 0 Å². The largest absolute Gasteiger partial charge is 0.309 e. The molecule has 46 heavy (non-hydrogen) atoms. The number of nitrogens with zero attached hydrogens (tertiary/aromatic N) is 4. The van der Waals surface area contributed by atoms with Crippen LogP contribution in [0.5, 0.6) is 0 Å². The Labute approximate surface area is 264 Å². The molecule has 0 radical (unpaired) electrons. The summed E-state index contributed by atoms with van der Waals surface area (Å²) in [6.07, 6.45) is 0. The summed E-state index contributed by atoms with van der Waals surface area (Å²) in [4.78, 5) is 10.7. The molecule has 7 aromatic carbocycles. The summed E-state index contributed by atoms with van der Waals surface area (Å²) in [5.74, 6) is 0.825. The van der Waals surface area contributed by atoms with Crippen LogP contribution in [0.15, 0.2) is 158 Å².